The van der Waals surface area contributed by atoms with E-state index < -0.39 is 5.97 Å². The summed E-state index contributed by atoms with van der Waals surface area (Å²) in [5.74, 6) is 1.06. The van der Waals surface area contributed by atoms with Crippen LogP contribution in [0.2, 0.25) is 0 Å². The Labute approximate surface area is 226 Å². The molecule has 8 nitrogen and oxygen atoms in total. The Hall–Kier alpha value is -5.11. The van der Waals surface area contributed by atoms with Crippen molar-refractivity contribution in [1.29, 1.82) is 0 Å². The van der Waals surface area contributed by atoms with Crippen LogP contribution in [0, 0.1) is 0 Å². The maximum atomic E-state index is 12.5. The summed E-state index contributed by atoms with van der Waals surface area (Å²) in [6.07, 6.45) is 0.134. The second kappa shape index (κ2) is 12.9. The molecule has 0 fully saturated rings. The molecule has 0 aliphatic heterocycles. The molecule has 0 spiro atoms. The number of ether oxygens (including phenoxy) is 3. The van der Waals surface area contributed by atoms with Crippen molar-refractivity contribution in [3.8, 4) is 17.2 Å². The highest BCUT2D eigenvalue weighted by Crippen LogP contribution is 2.25. The zero-order valence-electron chi connectivity index (χ0n) is 21.6. The van der Waals surface area contributed by atoms with Gasteiger partial charge in [0, 0.05) is 12.6 Å². The lowest BCUT2D eigenvalue weighted by Crippen LogP contribution is -2.17. The van der Waals surface area contributed by atoms with Crippen LogP contribution in [0.15, 0.2) is 97.1 Å². The van der Waals surface area contributed by atoms with Crippen molar-refractivity contribution in [3.05, 3.63) is 114 Å². The SMILES string of the molecule is COC(=O)c1ccccc1NC(=O)Cc1ccc(Oc2ccc(OCc3cccc(NC(C)=O)c3)cc2)cc1. The van der Waals surface area contributed by atoms with Gasteiger partial charge in [-0.25, -0.2) is 4.79 Å². The van der Waals surface area contributed by atoms with E-state index in [1.165, 1.54) is 14.0 Å². The minimum Gasteiger partial charge on any atom is -0.489 e. The summed E-state index contributed by atoms with van der Waals surface area (Å²) in [5, 5.41) is 5.52. The van der Waals surface area contributed by atoms with Gasteiger partial charge >= 0.3 is 5.97 Å². The summed E-state index contributed by atoms with van der Waals surface area (Å²) < 4.78 is 16.5. The average Bonchev–Trinajstić information content (AvgIpc) is 2.93. The van der Waals surface area contributed by atoms with Gasteiger partial charge < -0.3 is 24.8 Å². The standard InChI is InChI=1S/C31H28N2O6/c1-21(34)32-24-7-5-6-23(18-24)20-38-25-14-16-27(17-15-25)39-26-12-10-22(11-13-26)19-30(35)33-29-9-4-3-8-28(29)31(36)37-2/h3-18H,19-20H2,1-2H3,(H,32,34)(H,33,35). The van der Waals surface area contributed by atoms with Crippen LogP contribution in [0.3, 0.4) is 0 Å². The largest absolute Gasteiger partial charge is 0.489 e. The van der Waals surface area contributed by atoms with Crippen LogP contribution in [0.4, 0.5) is 11.4 Å². The fourth-order valence-electron chi connectivity index (χ4n) is 3.78. The number of rotatable bonds is 10. The van der Waals surface area contributed by atoms with Crippen LogP contribution in [-0.4, -0.2) is 24.9 Å². The van der Waals surface area contributed by atoms with E-state index in [4.69, 9.17) is 14.2 Å². The number of amides is 2. The summed E-state index contributed by atoms with van der Waals surface area (Å²) in [7, 11) is 1.30. The van der Waals surface area contributed by atoms with Gasteiger partial charge in [0.05, 0.1) is 24.8 Å². The summed E-state index contributed by atoms with van der Waals surface area (Å²) in [5.41, 5.74) is 3.15. The Balaban J connectivity index is 1.28. The molecule has 0 heterocycles. The van der Waals surface area contributed by atoms with Gasteiger partial charge in [-0.3, -0.25) is 9.59 Å². The Kier molecular flexibility index (Phi) is 8.92. The number of hydrogen-bond acceptors (Lipinski definition) is 6. The zero-order chi connectivity index (χ0) is 27.6. The van der Waals surface area contributed by atoms with Gasteiger partial charge in [0.25, 0.3) is 0 Å². The van der Waals surface area contributed by atoms with E-state index in [1.807, 2.05) is 60.7 Å². The number of carbonyl (C=O) groups excluding carboxylic acids is 3. The summed E-state index contributed by atoms with van der Waals surface area (Å²) >= 11 is 0. The van der Waals surface area contributed by atoms with Crippen LogP contribution < -0.4 is 20.1 Å². The first-order chi connectivity index (χ1) is 18.9. The zero-order valence-corrected chi connectivity index (χ0v) is 21.6. The molecule has 0 saturated heterocycles. The summed E-state index contributed by atoms with van der Waals surface area (Å²) in [6, 6.07) is 28.6. The number of para-hydroxylation sites is 1. The molecule has 8 heteroatoms. The van der Waals surface area contributed by atoms with E-state index >= 15 is 0 Å². The molecule has 4 aromatic rings. The molecule has 0 aromatic heterocycles. The van der Waals surface area contributed by atoms with E-state index in [-0.39, 0.29) is 18.2 Å². The first-order valence-electron chi connectivity index (χ1n) is 12.2. The lowest BCUT2D eigenvalue weighted by molar-refractivity contribution is -0.116. The van der Waals surface area contributed by atoms with Gasteiger partial charge in [-0.05, 0) is 71.8 Å². The third-order valence-electron chi connectivity index (χ3n) is 5.61. The first kappa shape index (κ1) is 26.9. The number of anilines is 2. The van der Waals surface area contributed by atoms with Crippen LogP contribution in [0.25, 0.3) is 0 Å². The fourth-order valence-corrected chi connectivity index (χ4v) is 3.78. The van der Waals surface area contributed by atoms with Crippen LogP contribution in [-0.2, 0) is 27.4 Å². The number of hydrogen-bond donors (Lipinski definition) is 2. The monoisotopic (exact) mass is 524 g/mol. The van der Waals surface area contributed by atoms with Crippen molar-refractivity contribution in [3.63, 3.8) is 0 Å². The van der Waals surface area contributed by atoms with Crippen LogP contribution in [0.5, 0.6) is 17.2 Å². The van der Waals surface area contributed by atoms with Crippen LogP contribution in [0.1, 0.15) is 28.4 Å². The topological polar surface area (TPSA) is 103 Å². The predicted molar refractivity (Wildman–Crippen MR) is 148 cm³/mol. The van der Waals surface area contributed by atoms with Gasteiger partial charge in [0.1, 0.15) is 23.9 Å². The smallest absolute Gasteiger partial charge is 0.339 e. The molecule has 0 aliphatic rings. The molecule has 0 saturated carbocycles. The van der Waals surface area contributed by atoms with Gasteiger partial charge in [-0.15, -0.1) is 0 Å². The summed E-state index contributed by atoms with van der Waals surface area (Å²) in [4.78, 5) is 35.7. The van der Waals surface area contributed by atoms with E-state index in [2.05, 4.69) is 10.6 Å². The van der Waals surface area contributed by atoms with Gasteiger partial charge in [-0.1, -0.05) is 36.4 Å². The second-order valence-electron chi connectivity index (χ2n) is 8.65. The molecule has 198 valence electrons. The van der Waals surface area contributed by atoms with E-state index in [1.54, 1.807) is 36.4 Å². The maximum absolute atomic E-state index is 12.5. The molecule has 2 amide bonds. The fraction of sp³-hybridized carbons (Fsp3) is 0.129. The Morgan fingerprint density at radius 1 is 0.718 bits per heavy atom. The van der Waals surface area contributed by atoms with Crippen LogP contribution >= 0.6 is 0 Å². The predicted octanol–water partition coefficient (Wildman–Crippen LogP) is 5.98. The number of benzene rings is 4. The molecule has 0 unspecified atom stereocenters. The van der Waals surface area contributed by atoms with Gasteiger partial charge in [0.15, 0.2) is 0 Å². The lowest BCUT2D eigenvalue weighted by Gasteiger charge is -2.11. The molecular formula is C31H28N2O6. The second-order valence-corrected chi connectivity index (χ2v) is 8.65. The summed E-state index contributed by atoms with van der Waals surface area (Å²) in [6.45, 7) is 1.83. The average molecular weight is 525 g/mol. The number of methoxy groups -OCH3 is 1. The molecule has 0 atom stereocenters. The highest BCUT2D eigenvalue weighted by molar-refractivity contribution is 6.01. The Bertz CT molecular complexity index is 1450. The normalized spacial score (nSPS) is 10.3. The van der Waals surface area contributed by atoms with Crippen molar-refractivity contribution in [1.82, 2.24) is 0 Å². The quantitative estimate of drug-likeness (QED) is 0.247. The minimum atomic E-state index is -0.513. The third-order valence-corrected chi connectivity index (χ3v) is 5.61. The highest BCUT2D eigenvalue weighted by atomic mass is 16.5. The molecular weight excluding hydrogens is 496 g/mol. The molecule has 0 radical (unpaired) electrons. The molecule has 4 aromatic carbocycles. The minimum absolute atomic E-state index is 0.123. The third kappa shape index (κ3) is 7.93. The van der Waals surface area contributed by atoms with E-state index in [9.17, 15) is 14.4 Å². The number of nitrogens with one attached hydrogen (secondary N) is 2. The molecule has 2 N–H and O–H groups in total. The Morgan fingerprint density at radius 2 is 1.38 bits per heavy atom. The van der Waals surface area contributed by atoms with Crippen molar-refractivity contribution in [2.24, 2.45) is 0 Å². The molecule has 39 heavy (non-hydrogen) atoms. The number of carbonyl (C=O) groups is 3. The van der Waals surface area contributed by atoms with Crippen molar-refractivity contribution >= 4 is 29.2 Å². The Morgan fingerprint density at radius 3 is 2.08 bits per heavy atom. The van der Waals surface area contributed by atoms with Crippen molar-refractivity contribution < 1.29 is 28.6 Å². The number of esters is 1. The van der Waals surface area contributed by atoms with Crippen molar-refractivity contribution in [2.75, 3.05) is 17.7 Å². The maximum Gasteiger partial charge on any atom is 0.339 e. The van der Waals surface area contributed by atoms with Crippen molar-refractivity contribution in [2.45, 2.75) is 20.0 Å². The molecule has 4 rings (SSSR count). The van der Waals surface area contributed by atoms with Gasteiger partial charge in [-0.2, -0.15) is 0 Å². The highest BCUT2D eigenvalue weighted by Gasteiger charge is 2.13. The molecule has 0 aliphatic carbocycles. The van der Waals surface area contributed by atoms with Gasteiger partial charge in [0.2, 0.25) is 11.8 Å². The first-order valence-corrected chi connectivity index (χ1v) is 12.2. The molecule has 0 bridgehead atoms. The van der Waals surface area contributed by atoms with E-state index in [0.717, 1.165) is 16.8 Å². The van der Waals surface area contributed by atoms with E-state index in [0.29, 0.717) is 35.1 Å². The lowest BCUT2D eigenvalue weighted by atomic mass is 10.1.